The number of nitrogens with zero attached hydrogens (tertiary/aromatic N) is 2. The molecule has 0 saturated carbocycles. The van der Waals surface area contributed by atoms with Gasteiger partial charge in [0.1, 0.15) is 0 Å². The maximum atomic E-state index is 11.9. The van der Waals surface area contributed by atoms with Crippen LogP contribution in [-0.4, -0.2) is 28.8 Å². The highest BCUT2D eigenvalue weighted by Gasteiger charge is 2.05. The lowest BCUT2D eigenvalue weighted by molar-refractivity contribution is 0.0954. The average Bonchev–Trinajstić information content (AvgIpc) is 2.50. The molecule has 7 heteroatoms. The molecule has 2 N–H and O–H groups in total. The summed E-state index contributed by atoms with van der Waals surface area (Å²) in [6.45, 7) is 2.27. The third-order valence-electron chi connectivity index (χ3n) is 2.63. The zero-order chi connectivity index (χ0) is 15.9. The van der Waals surface area contributed by atoms with Gasteiger partial charge in [-0.3, -0.25) is 9.78 Å². The summed E-state index contributed by atoms with van der Waals surface area (Å²) in [4.78, 5) is 15.8. The van der Waals surface area contributed by atoms with Crippen molar-refractivity contribution in [2.24, 2.45) is 5.10 Å². The number of rotatable bonds is 5. The lowest BCUT2D eigenvalue weighted by Crippen LogP contribution is -2.17. The van der Waals surface area contributed by atoms with Crippen LogP contribution in [0, 0.1) is 0 Å². The fraction of sp³-hybridized carbons (Fsp3) is 0.133. The van der Waals surface area contributed by atoms with Crippen LogP contribution in [0.5, 0.6) is 11.5 Å². The second-order valence-electron chi connectivity index (χ2n) is 4.25. The quantitative estimate of drug-likeness (QED) is 0.631. The van der Waals surface area contributed by atoms with E-state index in [-0.39, 0.29) is 11.7 Å². The van der Waals surface area contributed by atoms with Crippen LogP contribution in [0.2, 0.25) is 0 Å². The number of hydrogen-bond acceptors (Lipinski definition) is 5. The number of aromatic hydroxyl groups is 1. The average molecular weight is 364 g/mol. The minimum atomic E-state index is -0.367. The lowest BCUT2D eigenvalue weighted by atomic mass is 10.2. The Morgan fingerprint density at radius 1 is 1.45 bits per heavy atom. The Kier molecular flexibility index (Phi) is 5.48. The topological polar surface area (TPSA) is 83.8 Å². The molecule has 0 atom stereocenters. The van der Waals surface area contributed by atoms with Crippen LogP contribution in [-0.2, 0) is 0 Å². The maximum absolute atomic E-state index is 11.9. The molecule has 0 aliphatic carbocycles. The van der Waals surface area contributed by atoms with Gasteiger partial charge in [-0.25, -0.2) is 5.43 Å². The molecule has 1 aromatic carbocycles. The number of ether oxygens (including phenoxy) is 1. The number of halogens is 1. The second-order valence-corrected chi connectivity index (χ2v) is 5.17. The Morgan fingerprint density at radius 3 is 3.00 bits per heavy atom. The number of phenolic OH excluding ortho intramolecular Hbond substituents is 1. The van der Waals surface area contributed by atoms with Gasteiger partial charge in [0.25, 0.3) is 5.91 Å². The molecule has 0 unspecified atom stereocenters. The summed E-state index contributed by atoms with van der Waals surface area (Å²) < 4.78 is 5.99. The van der Waals surface area contributed by atoms with Gasteiger partial charge in [0, 0.05) is 16.9 Å². The van der Waals surface area contributed by atoms with Crippen molar-refractivity contribution in [2.75, 3.05) is 6.61 Å². The van der Waals surface area contributed by atoms with Crippen LogP contribution in [0.15, 0.2) is 46.2 Å². The van der Waals surface area contributed by atoms with E-state index in [4.69, 9.17) is 4.74 Å². The van der Waals surface area contributed by atoms with E-state index in [0.29, 0.717) is 28.0 Å². The SMILES string of the molecule is CCOc1cc(/C=N/NC(=O)c2cncc(Br)c2)ccc1O. The molecule has 22 heavy (non-hydrogen) atoms. The number of carbonyl (C=O) groups excluding carboxylic acids is 1. The minimum absolute atomic E-state index is 0.0586. The van der Waals surface area contributed by atoms with Gasteiger partial charge in [0.05, 0.1) is 18.4 Å². The van der Waals surface area contributed by atoms with Crippen molar-refractivity contribution in [3.05, 3.63) is 52.3 Å². The fourth-order valence-corrected chi connectivity index (χ4v) is 2.01. The molecular weight excluding hydrogens is 350 g/mol. The highest BCUT2D eigenvalue weighted by molar-refractivity contribution is 9.10. The predicted octanol–water partition coefficient (Wildman–Crippen LogP) is 2.71. The zero-order valence-corrected chi connectivity index (χ0v) is 13.4. The normalized spacial score (nSPS) is 10.6. The molecule has 0 spiro atoms. The first-order valence-electron chi connectivity index (χ1n) is 6.50. The summed E-state index contributed by atoms with van der Waals surface area (Å²) in [7, 11) is 0. The Hall–Kier alpha value is -2.41. The largest absolute Gasteiger partial charge is 0.504 e. The predicted molar refractivity (Wildman–Crippen MR) is 86.3 cm³/mol. The van der Waals surface area contributed by atoms with Gasteiger partial charge in [-0.15, -0.1) is 0 Å². The summed E-state index contributed by atoms with van der Waals surface area (Å²) in [5.41, 5.74) is 3.49. The molecule has 0 radical (unpaired) electrons. The molecule has 1 heterocycles. The van der Waals surface area contributed by atoms with E-state index in [1.54, 1.807) is 24.4 Å². The highest BCUT2D eigenvalue weighted by atomic mass is 79.9. The third kappa shape index (κ3) is 4.29. The molecule has 2 aromatic rings. The molecule has 0 bridgehead atoms. The van der Waals surface area contributed by atoms with Crippen molar-refractivity contribution < 1.29 is 14.6 Å². The Morgan fingerprint density at radius 2 is 2.27 bits per heavy atom. The van der Waals surface area contributed by atoms with E-state index in [2.05, 4.69) is 31.4 Å². The van der Waals surface area contributed by atoms with Crippen molar-refractivity contribution in [1.29, 1.82) is 0 Å². The maximum Gasteiger partial charge on any atom is 0.272 e. The molecule has 114 valence electrons. The number of pyridine rings is 1. The van der Waals surface area contributed by atoms with Crippen LogP contribution >= 0.6 is 15.9 Å². The van der Waals surface area contributed by atoms with Crippen molar-refractivity contribution in [2.45, 2.75) is 6.92 Å². The van der Waals surface area contributed by atoms with E-state index in [9.17, 15) is 9.90 Å². The summed E-state index contributed by atoms with van der Waals surface area (Å²) >= 11 is 3.25. The van der Waals surface area contributed by atoms with E-state index < -0.39 is 0 Å². The van der Waals surface area contributed by atoms with Gasteiger partial charge in [-0.2, -0.15) is 5.10 Å². The summed E-state index contributed by atoms with van der Waals surface area (Å²) in [5, 5.41) is 13.5. The van der Waals surface area contributed by atoms with Crippen LogP contribution in [0.3, 0.4) is 0 Å². The van der Waals surface area contributed by atoms with Gasteiger partial charge < -0.3 is 9.84 Å². The standard InChI is InChI=1S/C15H14BrN3O3/c1-2-22-14-5-10(3-4-13(14)20)7-18-19-15(21)11-6-12(16)9-17-8-11/h3-9,20H,2H2,1H3,(H,19,21)/b18-7+. The summed E-state index contributed by atoms with van der Waals surface area (Å²) in [5.74, 6) is 0.0612. The second kappa shape index (κ2) is 7.56. The van der Waals surface area contributed by atoms with Crippen LogP contribution < -0.4 is 10.2 Å². The Bertz CT molecular complexity index is 704. The zero-order valence-electron chi connectivity index (χ0n) is 11.8. The molecule has 2 rings (SSSR count). The molecule has 0 aliphatic heterocycles. The van der Waals surface area contributed by atoms with E-state index in [0.717, 1.165) is 0 Å². The van der Waals surface area contributed by atoms with Crippen LogP contribution in [0.4, 0.5) is 0 Å². The lowest BCUT2D eigenvalue weighted by Gasteiger charge is -2.06. The smallest absolute Gasteiger partial charge is 0.272 e. The monoisotopic (exact) mass is 363 g/mol. The van der Waals surface area contributed by atoms with Gasteiger partial charge >= 0.3 is 0 Å². The number of phenols is 1. The van der Waals surface area contributed by atoms with Gasteiger partial charge in [0.15, 0.2) is 11.5 Å². The molecule has 0 fully saturated rings. The summed E-state index contributed by atoms with van der Waals surface area (Å²) in [6.07, 6.45) is 4.50. The molecule has 1 amide bonds. The number of carbonyl (C=O) groups is 1. The van der Waals surface area contributed by atoms with Gasteiger partial charge in [0.2, 0.25) is 0 Å². The number of nitrogens with one attached hydrogen (secondary N) is 1. The highest BCUT2D eigenvalue weighted by Crippen LogP contribution is 2.26. The third-order valence-corrected chi connectivity index (χ3v) is 3.06. The number of amides is 1. The molecular formula is C15H14BrN3O3. The molecule has 6 nitrogen and oxygen atoms in total. The number of hydrazone groups is 1. The molecule has 0 saturated heterocycles. The summed E-state index contributed by atoms with van der Waals surface area (Å²) in [6, 6.07) is 6.45. The van der Waals surface area contributed by atoms with Gasteiger partial charge in [-0.1, -0.05) is 0 Å². The van der Waals surface area contributed by atoms with Crippen molar-refractivity contribution in [1.82, 2.24) is 10.4 Å². The van der Waals surface area contributed by atoms with Crippen molar-refractivity contribution in [3.8, 4) is 11.5 Å². The van der Waals surface area contributed by atoms with E-state index in [1.165, 1.54) is 18.5 Å². The van der Waals surface area contributed by atoms with Crippen LogP contribution in [0.25, 0.3) is 0 Å². The van der Waals surface area contributed by atoms with Gasteiger partial charge in [-0.05, 0) is 52.7 Å². The first-order chi connectivity index (χ1) is 10.6. The molecule has 0 aliphatic rings. The number of hydrogen-bond donors (Lipinski definition) is 2. The fourth-order valence-electron chi connectivity index (χ4n) is 1.65. The van der Waals surface area contributed by atoms with Crippen molar-refractivity contribution >= 4 is 28.1 Å². The van der Waals surface area contributed by atoms with E-state index >= 15 is 0 Å². The first kappa shape index (κ1) is 16.0. The number of aromatic nitrogens is 1. The van der Waals surface area contributed by atoms with Crippen LogP contribution in [0.1, 0.15) is 22.8 Å². The first-order valence-corrected chi connectivity index (χ1v) is 7.29. The number of benzene rings is 1. The van der Waals surface area contributed by atoms with E-state index in [1.807, 2.05) is 6.92 Å². The Labute approximate surface area is 136 Å². The molecule has 1 aromatic heterocycles. The van der Waals surface area contributed by atoms with Crippen molar-refractivity contribution in [3.63, 3.8) is 0 Å². The Balaban J connectivity index is 2.03. The minimum Gasteiger partial charge on any atom is -0.504 e.